The summed E-state index contributed by atoms with van der Waals surface area (Å²) in [6.07, 6.45) is 0. The van der Waals surface area contributed by atoms with E-state index in [9.17, 15) is 19.2 Å². The van der Waals surface area contributed by atoms with Crippen molar-refractivity contribution in [2.24, 2.45) is 5.41 Å². The van der Waals surface area contributed by atoms with Gasteiger partial charge in [-0.05, 0) is 27.7 Å². The number of imide groups is 2. The fourth-order valence-corrected chi connectivity index (χ4v) is 1.60. The van der Waals surface area contributed by atoms with Gasteiger partial charge in [0.15, 0.2) is 0 Å². The summed E-state index contributed by atoms with van der Waals surface area (Å²) in [7, 11) is 0. The fourth-order valence-electron chi connectivity index (χ4n) is 1.60. The molecule has 1 unspecified atom stereocenters. The van der Waals surface area contributed by atoms with Crippen LogP contribution in [0.5, 0.6) is 0 Å². The highest BCUT2D eigenvalue weighted by Gasteiger charge is 2.49. The molecule has 7 heteroatoms. The van der Waals surface area contributed by atoms with E-state index >= 15 is 0 Å². The lowest BCUT2D eigenvalue weighted by atomic mass is 9.88. The molecule has 0 radical (unpaired) electrons. The van der Waals surface area contributed by atoms with Crippen LogP contribution >= 0.6 is 0 Å². The third-order valence-corrected chi connectivity index (χ3v) is 2.88. The smallest absolute Gasteiger partial charge is 0.331 e. The molecule has 1 aliphatic rings. The quantitative estimate of drug-likeness (QED) is 0.672. The maximum absolute atomic E-state index is 12.1. The van der Waals surface area contributed by atoms with Crippen molar-refractivity contribution < 1.29 is 19.2 Å². The Morgan fingerprint density at radius 2 is 1.94 bits per heavy atom. The van der Waals surface area contributed by atoms with Gasteiger partial charge in [-0.25, -0.2) is 4.79 Å². The minimum atomic E-state index is -1.35. The number of hydrogen-bond donors (Lipinski definition) is 2. The van der Waals surface area contributed by atoms with Crippen LogP contribution in [0.4, 0.5) is 4.79 Å². The summed E-state index contributed by atoms with van der Waals surface area (Å²) in [5, 5.41) is 4.60. The Morgan fingerprint density at radius 1 is 1.39 bits per heavy atom. The van der Waals surface area contributed by atoms with Gasteiger partial charge >= 0.3 is 6.03 Å². The van der Waals surface area contributed by atoms with Crippen LogP contribution in [0.2, 0.25) is 0 Å². The molecule has 1 rings (SSSR count). The number of barbiturate groups is 1. The maximum Gasteiger partial charge on any atom is 0.331 e. The van der Waals surface area contributed by atoms with Gasteiger partial charge in [0, 0.05) is 6.54 Å². The van der Waals surface area contributed by atoms with E-state index in [1.807, 2.05) is 0 Å². The van der Waals surface area contributed by atoms with Crippen molar-refractivity contribution in [3.05, 3.63) is 0 Å². The normalized spacial score (nSPS) is 20.4. The van der Waals surface area contributed by atoms with E-state index in [4.69, 9.17) is 0 Å². The van der Waals surface area contributed by atoms with Crippen LogP contribution in [0.15, 0.2) is 0 Å². The molecule has 1 heterocycles. The molecular formula is C11H17N3O4. The number of urea groups is 1. The monoisotopic (exact) mass is 255 g/mol. The molecule has 2 N–H and O–H groups in total. The Morgan fingerprint density at radius 3 is 2.44 bits per heavy atom. The summed E-state index contributed by atoms with van der Waals surface area (Å²) >= 11 is 0. The Labute approximate surface area is 105 Å². The number of nitrogens with one attached hydrogen (secondary N) is 2. The SMILES string of the molecule is CCNC(=O)C(C)N1C(=O)NC(=O)C(C)(C)C1=O. The van der Waals surface area contributed by atoms with E-state index < -0.39 is 35.2 Å². The van der Waals surface area contributed by atoms with Gasteiger partial charge < -0.3 is 5.32 Å². The molecule has 0 aliphatic carbocycles. The van der Waals surface area contributed by atoms with Crippen molar-refractivity contribution in [2.45, 2.75) is 33.7 Å². The van der Waals surface area contributed by atoms with Gasteiger partial charge in [0.2, 0.25) is 17.7 Å². The molecule has 1 saturated heterocycles. The van der Waals surface area contributed by atoms with E-state index in [2.05, 4.69) is 10.6 Å². The zero-order chi connectivity index (χ0) is 14.1. The zero-order valence-electron chi connectivity index (χ0n) is 10.9. The average molecular weight is 255 g/mol. The Kier molecular flexibility index (Phi) is 3.73. The molecular weight excluding hydrogens is 238 g/mol. The van der Waals surface area contributed by atoms with Gasteiger partial charge in [0.05, 0.1) is 0 Å². The number of likely N-dealkylation sites (N-methyl/N-ethyl adjacent to an activating group) is 1. The number of hydrogen-bond acceptors (Lipinski definition) is 4. The topological polar surface area (TPSA) is 95.6 Å². The summed E-state index contributed by atoms with van der Waals surface area (Å²) in [6.45, 7) is 6.39. The summed E-state index contributed by atoms with van der Waals surface area (Å²) in [5.74, 6) is -1.77. The summed E-state index contributed by atoms with van der Waals surface area (Å²) in [6, 6.07) is -1.81. The Balaban J connectivity index is 3.01. The Hall–Kier alpha value is -1.92. The third-order valence-electron chi connectivity index (χ3n) is 2.88. The number of nitrogens with zero attached hydrogens (tertiary/aromatic N) is 1. The second-order valence-electron chi connectivity index (χ2n) is 4.63. The van der Waals surface area contributed by atoms with Crippen LogP contribution in [0, 0.1) is 5.41 Å². The molecule has 0 aromatic rings. The standard InChI is InChI=1S/C11H17N3O4/c1-5-12-7(15)6(2)14-9(17)11(3,4)8(16)13-10(14)18/h6H,5H2,1-4H3,(H,12,15)(H,13,16,18). The number of rotatable bonds is 3. The van der Waals surface area contributed by atoms with E-state index in [0.717, 1.165) is 4.90 Å². The lowest BCUT2D eigenvalue weighted by Crippen LogP contribution is -2.65. The predicted molar refractivity (Wildman–Crippen MR) is 62.3 cm³/mol. The first-order chi connectivity index (χ1) is 8.23. The van der Waals surface area contributed by atoms with Crippen LogP contribution in [0.1, 0.15) is 27.7 Å². The highest BCUT2D eigenvalue weighted by atomic mass is 16.2. The largest absolute Gasteiger partial charge is 0.355 e. The van der Waals surface area contributed by atoms with Gasteiger partial charge in [-0.3, -0.25) is 24.6 Å². The third kappa shape index (κ3) is 2.20. The van der Waals surface area contributed by atoms with Gasteiger partial charge in [-0.15, -0.1) is 0 Å². The molecule has 1 fully saturated rings. The van der Waals surface area contributed by atoms with Crippen LogP contribution < -0.4 is 10.6 Å². The summed E-state index contributed by atoms with van der Waals surface area (Å²) in [5.41, 5.74) is -1.35. The van der Waals surface area contributed by atoms with Crippen LogP contribution in [-0.4, -0.2) is 41.2 Å². The van der Waals surface area contributed by atoms with Crippen LogP contribution in [0.25, 0.3) is 0 Å². The van der Waals surface area contributed by atoms with Crippen molar-refractivity contribution >= 4 is 23.8 Å². The van der Waals surface area contributed by atoms with Gasteiger partial charge in [0.25, 0.3) is 0 Å². The van der Waals surface area contributed by atoms with Crippen molar-refractivity contribution in [3.63, 3.8) is 0 Å². The summed E-state index contributed by atoms with van der Waals surface area (Å²) < 4.78 is 0. The van der Waals surface area contributed by atoms with E-state index in [1.165, 1.54) is 20.8 Å². The molecule has 0 aromatic heterocycles. The molecule has 100 valence electrons. The number of carbonyl (C=O) groups is 4. The molecule has 1 aliphatic heterocycles. The van der Waals surface area contributed by atoms with Gasteiger partial charge in [-0.2, -0.15) is 0 Å². The Bertz CT molecular complexity index is 417. The second kappa shape index (κ2) is 4.75. The molecule has 0 saturated carbocycles. The minimum absolute atomic E-state index is 0.398. The van der Waals surface area contributed by atoms with Crippen LogP contribution in [0.3, 0.4) is 0 Å². The van der Waals surface area contributed by atoms with E-state index in [0.29, 0.717) is 6.54 Å². The lowest BCUT2D eigenvalue weighted by molar-refractivity contribution is -0.152. The molecule has 5 amide bonds. The van der Waals surface area contributed by atoms with Crippen LogP contribution in [-0.2, 0) is 14.4 Å². The van der Waals surface area contributed by atoms with Gasteiger partial charge in [0.1, 0.15) is 11.5 Å². The minimum Gasteiger partial charge on any atom is -0.355 e. The number of amides is 5. The first-order valence-corrected chi connectivity index (χ1v) is 5.70. The maximum atomic E-state index is 12.1. The van der Waals surface area contributed by atoms with Crippen molar-refractivity contribution in [1.82, 2.24) is 15.5 Å². The molecule has 0 aromatic carbocycles. The van der Waals surface area contributed by atoms with E-state index in [1.54, 1.807) is 6.92 Å². The molecule has 1 atom stereocenters. The first kappa shape index (κ1) is 14.1. The fraction of sp³-hybridized carbons (Fsp3) is 0.636. The molecule has 7 nitrogen and oxygen atoms in total. The predicted octanol–water partition coefficient (Wildman–Crippen LogP) is -0.384. The van der Waals surface area contributed by atoms with Gasteiger partial charge in [-0.1, -0.05) is 0 Å². The highest BCUT2D eigenvalue weighted by Crippen LogP contribution is 2.24. The lowest BCUT2D eigenvalue weighted by Gasteiger charge is -2.37. The molecule has 18 heavy (non-hydrogen) atoms. The average Bonchev–Trinajstić information content (AvgIpc) is 2.27. The highest BCUT2D eigenvalue weighted by molar-refractivity contribution is 6.19. The summed E-state index contributed by atoms with van der Waals surface area (Å²) in [4.78, 5) is 47.7. The van der Waals surface area contributed by atoms with E-state index in [-0.39, 0.29) is 0 Å². The zero-order valence-corrected chi connectivity index (χ0v) is 10.9. The van der Waals surface area contributed by atoms with Crippen molar-refractivity contribution in [2.75, 3.05) is 6.54 Å². The first-order valence-electron chi connectivity index (χ1n) is 5.70. The number of carbonyl (C=O) groups excluding carboxylic acids is 4. The molecule has 0 bridgehead atoms. The second-order valence-corrected chi connectivity index (χ2v) is 4.63. The van der Waals surface area contributed by atoms with Crippen molar-refractivity contribution in [1.29, 1.82) is 0 Å². The van der Waals surface area contributed by atoms with Crippen molar-refractivity contribution in [3.8, 4) is 0 Å². The molecule has 0 spiro atoms.